The molecule has 3 aliphatic rings. The maximum atomic E-state index is 13.4. The minimum atomic E-state index is -4.60. The molecular formula is C24H23F3N8O. The number of rotatable bonds is 5. The number of hydrogen-bond donors (Lipinski definition) is 2. The summed E-state index contributed by atoms with van der Waals surface area (Å²) < 4.78 is 43.7. The van der Waals surface area contributed by atoms with E-state index in [-0.39, 0.29) is 34.3 Å². The van der Waals surface area contributed by atoms with Gasteiger partial charge in [-0.05, 0) is 48.9 Å². The van der Waals surface area contributed by atoms with Crippen LogP contribution in [0.1, 0.15) is 42.9 Å². The second kappa shape index (κ2) is 7.42. The fourth-order valence-corrected chi connectivity index (χ4v) is 5.21. The monoisotopic (exact) mass is 496 g/mol. The van der Waals surface area contributed by atoms with Gasteiger partial charge in [0.25, 0.3) is 5.56 Å². The zero-order chi connectivity index (χ0) is 24.7. The van der Waals surface area contributed by atoms with Crippen LogP contribution >= 0.6 is 0 Å². The lowest BCUT2D eigenvalue weighted by Gasteiger charge is -2.26. The fraction of sp³-hybridized carbons (Fsp3) is 0.417. The van der Waals surface area contributed by atoms with Crippen LogP contribution in [0.4, 0.5) is 24.8 Å². The lowest BCUT2D eigenvalue weighted by Crippen LogP contribution is -2.33. The third-order valence-electron chi connectivity index (χ3n) is 7.30. The summed E-state index contributed by atoms with van der Waals surface area (Å²) in [6.07, 6.45) is 2.69. The summed E-state index contributed by atoms with van der Waals surface area (Å²) in [6.45, 7) is 0.312. The van der Waals surface area contributed by atoms with Crippen LogP contribution in [-0.4, -0.2) is 41.8 Å². The van der Waals surface area contributed by atoms with Gasteiger partial charge in [0.15, 0.2) is 11.5 Å². The molecule has 0 atom stereocenters. The lowest BCUT2D eigenvalue weighted by atomic mass is 9.88. The van der Waals surface area contributed by atoms with E-state index in [1.165, 1.54) is 30.2 Å². The number of aromatic nitrogens is 6. The molecule has 0 amide bonds. The molecule has 2 aliphatic carbocycles. The molecule has 1 aromatic carbocycles. The topological polar surface area (TPSA) is 94.6 Å². The van der Waals surface area contributed by atoms with E-state index in [9.17, 15) is 18.0 Å². The van der Waals surface area contributed by atoms with Gasteiger partial charge < -0.3 is 10.6 Å². The maximum Gasteiger partial charge on any atom is 0.408 e. The summed E-state index contributed by atoms with van der Waals surface area (Å²) in [5.41, 5.74) is 2.86. The van der Waals surface area contributed by atoms with Gasteiger partial charge in [0, 0.05) is 42.7 Å². The van der Waals surface area contributed by atoms with E-state index >= 15 is 0 Å². The predicted molar refractivity (Wildman–Crippen MR) is 126 cm³/mol. The van der Waals surface area contributed by atoms with E-state index in [0.717, 1.165) is 36.3 Å². The fourth-order valence-electron chi connectivity index (χ4n) is 5.21. The Hall–Kier alpha value is -3.67. The minimum Gasteiger partial charge on any atom is -0.324 e. The van der Waals surface area contributed by atoms with Crippen molar-refractivity contribution in [1.29, 1.82) is 0 Å². The van der Waals surface area contributed by atoms with E-state index in [1.54, 1.807) is 16.9 Å². The molecule has 0 unspecified atom stereocenters. The maximum absolute atomic E-state index is 13.4. The van der Waals surface area contributed by atoms with Crippen molar-refractivity contribution in [3.8, 4) is 5.82 Å². The van der Waals surface area contributed by atoms with Crippen LogP contribution in [0, 0.1) is 0 Å². The largest absolute Gasteiger partial charge is 0.408 e. The molecule has 2 fully saturated rings. The zero-order valence-corrected chi connectivity index (χ0v) is 19.2. The molecule has 0 radical (unpaired) electrons. The number of benzene rings is 1. The van der Waals surface area contributed by atoms with Crippen LogP contribution in [0.2, 0.25) is 0 Å². The van der Waals surface area contributed by atoms with Crippen molar-refractivity contribution in [3.05, 3.63) is 58.1 Å². The minimum absolute atomic E-state index is 0.00362. The average Bonchev–Trinajstić information content (AvgIpc) is 3.76. The first-order valence-corrected chi connectivity index (χ1v) is 12.0. The normalized spacial score (nSPS) is 18.5. The Morgan fingerprint density at radius 1 is 1.19 bits per heavy atom. The molecule has 0 saturated heterocycles. The number of nitrogens with zero attached hydrogens (tertiary/aromatic N) is 6. The first-order chi connectivity index (χ1) is 17.3. The number of nitrogens with one attached hydrogen (secondary N) is 2. The van der Waals surface area contributed by atoms with Crippen LogP contribution in [0.3, 0.4) is 0 Å². The SMILES string of the molecule is O=c1c2cnc(Nc3ccc4c(c3)CNCC43CC3)nc2n(-c2ccn(C3CC3)n2)n1CC(F)(F)F. The molecule has 186 valence electrons. The Bertz CT molecular complexity index is 1560. The van der Waals surface area contributed by atoms with Crippen LogP contribution in [0.5, 0.6) is 0 Å². The molecule has 2 N–H and O–H groups in total. The van der Waals surface area contributed by atoms with Crippen molar-refractivity contribution in [3.63, 3.8) is 0 Å². The van der Waals surface area contributed by atoms with Gasteiger partial charge in [0.05, 0.1) is 6.04 Å². The lowest BCUT2D eigenvalue weighted by molar-refractivity contribution is -0.144. The highest BCUT2D eigenvalue weighted by molar-refractivity contribution is 5.77. The smallest absolute Gasteiger partial charge is 0.324 e. The van der Waals surface area contributed by atoms with Crippen LogP contribution in [0.25, 0.3) is 16.9 Å². The van der Waals surface area contributed by atoms with E-state index in [1.807, 2.05) is 12.1 Å². The van der Waals surface area contributed by atoms with Gasteiger partial charge in [-0.1, -0.05) is 6.07 Å². The first kappa shape index (κ1) is 21.6. The molecular weight excluding hydrogens is 473 g/mol. The number of hydrogen-bond acceptors (Lipinski definition) is 6. The molecule has 1 spiro atoms. The molecule has 3 aromatic heterocycles. The number of fused-ring (bicyclic) bond motifs is 3. The summed E-state index contributed by atoms with van der Waals surface area (Å²) in [5, 5.41) is 11.1. The Labute approximate surface area is 202 Å². The third kappa shape index (κ3) is 3.58. The van der Waals surface area contributed by atoms with E-state index in [4.69, 9.17) is 0 Å². The van der Waals surface area contributed by atoms with Crippen molar-refractivity contribution in [2.45, 2.75) is 56.4 Å². The molecule has 36 heavy (non-hydrogen) atoms. The van der Waals surface area contributed by atoms with Crippen molar-refractivity contribution in [1.82, 2.24) is 34.4 Å². The average molecular weight is 496 g/mol. The van der Waals surface area contributed by atoms with Crippen LogP contribution in [-0.2, 0) is 18.5 Å². The second-order valence-electron chi connectivity index (χ2n) is 9.99. The Kier molecular flexibility index (Phi) is 4.45. The summed E-state index contributed by atoms with van der Waals surface area (Å²) >= 11 is 0. The van der Waals surface area contributed by atoms with Gasteiger partial charge in [0.2, 0.25) is 5.95 Å². The molecule has 1 aliphatic heterocycles. The van der Waals surface area contributed by atoms with Crippen molar-refractivity contribution < 1.29 is 13.2 Å². The summed E-state index contributed by atoms with van der Waals surface area (Å²) in [7, 11) is 0. The van der Waals surface area contributed by atoms with Crippen LogP contribution < -0.4 is 16.2 Å². The second-order valence-corrected chi connectivity index (χ2v) is 9.99. The number of anilines is 2. The van der Waals surface area contributed by atoms with Crippen molar-refractivity contribution in [2.24, 2.45) is 0 Å². The van der Waals surface area contributed by atoms with E-state index < -0.39 is 18.3 Å². The van der Waals surface area contributed by atoms with Gasteiger partial charge in [-0.2, -0.15) is 23.3 Å². The Balaban J connectivity index is 1.30. The molecule has 4 aromatic rings. The number of halogens is 3. The number of alkyl halides is 3. The van der Waals surface area contributed by atoms with E-state index in [0.29, 0.717) is 4.68 Å². The molecule has 9 nitrogen and oxygen atoms in total. The predicted octanol–water partition coefficient (Wildman–Crippen LogP) is 3.55. The molecule has 4 heterocycles. The summed E-state index contributed by atoms with van der Waals surface area (Å²) in [5.74, 6) is 0.393. The highest BCUT2D eigenvalue weighted by Gasteiger charge is 2.46. The Morgan fingerprint density at radius 3 is 2.78 bits per heavy atom. The Morgan fingerprint density at radius 2 is 2.03 bits per heavy atom. The highest BCUT2D eigenvalue weighted by atomic mass is 19.4. The standard InChI is InChI=1S/C24H23F3N8O/c25-24(26,27)13-34-21(36)17-11-29-22(31-20(17)35(34)19-5-8-33(32-19)16-2-3-16)30-15-1-4-18-14(9-15)10-28-12-23(18)6-7-23/h1,4-5,8-9,11,16,28H,2-3,6-7,10,12-13H2,(H,29,30,31). The van der Waals surface area contributed by atoms with Crippen molar-refractivity contribution >= 4 is 22.7 Å². The van der Waals surface area contributed by atoms with Crippen molar-refractivity contribution in [2.75, 3.05) is 11.9 Å². The quantitative estimate of drug-likeness (QED) is 0.439. The van der Waals surface area contributed by atoms with Gasteiger partial charge in [0.1, 0.15) is 11.9 Å². The van der Waals surface area contributed by atoms with Gasteiger partial charge in [-0.3, -0.25) is 9.48 Å². The molecule has 0 bridgehead atoms. The van der Waals surface area contributed by atoms with E-state index in [2.05, 4.69) is 31.8 Å². The summed E-state index contributed by atoms with van der Waals surface area (Å²) in [6, 6.07) is 7.99. The summed E-state index contributed by atoms with van der Waals surface area (Å²) in [4.78, 5) is 21.7. The first-order valence-electron chi connectivity index (χ1n) is 12.0. The zero-order valence-electron chi connectivity index (χ0n) is 19.2. The van der Waals surface area contributed by atoms with Gasteiger partial charge in [-0.25, -0.2) is 14.3 Å². The molecule has 7 rings (SSSR count). The molecule has 2 saturated carbocycles. The third-order valence-corrected chi connectivity index (χ3v) is 7.30. The molecule has 12 heteroatoms. The highest BCUT2D eigenvalue weighted by Crippen LogP contribution is 2.50. The van der Waals surface area contributed by atoms with Crippen LogP contribution in [0.15, 0.2) is 41.5 Å². The van der Waals surface area contributed by atoms with Gasteiger partial charge in [-0.15, -0.1) is 0 Å². The van der Waals surface area contributed by atoms with Gasteiger partial charge >= 0.3 is 6.18 Å².